The van der Waals surface area contributed by atoms with Crippen LogP contribution in [0.4, 0.5) is 0 Å². The second kappa shape index (κ2) is 5.65. The summed E-state index contributed by atoms with van der Waals surface area (Å²) >= 11 is 0. The van der Waals surface area contributed by atoms with Crippen LogP contribution >= 0.6 is 0 Å². The molecule has 0 aromatic carbocycles. The molecule has 17 heavy (non-hydrogen) atoms. The number of hydrogen-bond donors (Lipinski definition) is 1. The van der Waals surface area contributed by atoms with E-state index in [1.807, 2.05) is 17.9 Å². The van der Waals surface area contributed by atoms with Gasteiger partial charge in [0.05, 0.1) is 6.20 Å². The van der Waals surface area contributed by atoms with E-state index in [4.69, 9.17) is 0 Å². The highest BCUT2D eigenvalue weighted by Gasteiger charge is 2.28. The normalized spacial score (nSPS) is 17.6. The van der Waals surface area contributed by atoms with E-state index in [9.17, 15) is 0 Å². The molecule has 1 unspecified atom stereocenters. The van der Waals surface area contributed by atoms with Crippen LogP contribution in [0.5, 0.6) is 0 Å². The third-order valence-electron chi connectivity index (χ3n) is 3.61. The lowest BCUT2D eigenvalue weighted by atomic mass is 10.2. The molecule has 1 aliphatic rings. The van der Waals surface area contributed by atoms with Crippen LogP contribution in [-0.4, -0.2) is 46.9 Å². The van der Waals surface area contributed by atoms with Crippen LogP contribution in [0, 0.1) is 0 Å². The molecule has 1 fully saturated rings. The molecule has 0 aliphatic heterocycles. The Labute approximate surface area is 104 Å². The molecule has 1 aliphatic carbocycles. The summed E-state index contributed by atoms with van der Waals surface area (Å²) in [6.45, 7) is 4.41. The molecule has 0 saturated heterocycles. The monoisotopic (exact) mass is 236 g/mol. The average molecular weight is 236 g/mol. The van der Waals surface area contributed by atoms with E-state index < -0.39 is 0 Å². The van der Waals surface area contributed by atoms with E-state index in [2.05, 4.69) is 35.5 Å². The summed E-state index contributed by atoms with van der Waals surface area (Å²) in [6, 6.07) is 1.49. The molecule has 2 rings (SSSR count). The molecule has 1 aromatic rings. The number of rotatable bonds is 7. The van der Waals surface area contributed by atoms with Crippen LogP contribution in [0.3, 0.4) is 0 Å². The lowest BCUT2D eigenvalue weighted by Gasteiger charge is -2.24. The Kier molecular flexibility index (Phi) is 4.18. The molecule has 0 amide bonds. The molecule has 1 aromatic heterocycles. The third kappa shape index (κ3) is 3.82. The van der Waals surface area contributed by atoms with Gasteiger partial charge in [-0.25, -0.2) is 0 Å². The Hall–Kier alpha value is -0.870. The average Bonchev–Trinajstić information content (AvgIpc) is 3.07. The van der Waals surface area contributed by atoms with Gasteiger partial charge < -0.3 is 5.32 Å². The lowest BCUT2D eigenvalue weighted by molar-refractivity contribution is 0.241. The molecular weight excluding hydrogens is 212 g/mol. The maximum atomic E-state index is 4.17. The predicted molar refractivity (Wildman–Crippen MR) is 70.0 cm³/mol. The van der Waals surface area contributed by atoms with E-state index >= 15 is 0 Å². The van der Waals surface area contributed by atoms with Gasteiger partial charge in [0.15, 0.2) is 0 Å². The quantitative estimate of drug-likeness (QED) is 0.718. The molecule has 1 saturated carbocycles. The van der Waals surface area contributed by atoms with Crippen LogP contribution in [0.1, 0.15) is 25.3 Å². The number of aryl methyl sites for hydroxylation is 1. The molecule has 4 heteroatoms. The van der Waals surface area contributed by atoms with Crippen molar-refractivity contribution in [1.29, 1.82) is 0 Å². The van der Waals surface area contributed by atoms with Crippen LogP contribution in [0.25, 0.3) is 0 Å². The number of nitrogens with one attached hydrogen (secondary N) is 1. The van der Waals surface area contributed by atoms with Gasteiger partial charge in [0.2, 0.25) is 0 Å². The minimum atomic E-state index is 0.636. The van der Waals surface area contributed by atoms with Gasteiger partial charge >= 0.3 is 0 Å². The Morgan fingerprint density at radius 2 is 2.35 bits per heavy atom. The maximum Gasteiger partial charge on any atom is 0.0522 e. The first-order valence-corrected chi connectivity index (χ1v) is 6.57. The minimum absolute atomic E-state index is 0.636. The van der Waals surface area contributed by atoms with Crippen molar-refractivity contribution in [2.75, 3.05) is 20.1 Å². The number of likely N-dealkylation sites (N-methyl/N-ethyl adjacent to an activating group) is 1. The second-order valence-electron chi connectivity index (χ2n) is 5.22. The van der Waals surface area contributed by atoms with Gasteiger partial charge in [0.1, 0.15) is 0 Å². The fourth-order valence-electron chi connectivity index (χ4n) is 2.13. The maximum absolute atomic E-state index is 4.17. The van der Waals surface area contributed by atoms with Gasteiger partial charge in [-0.3, -0.25) is 9.58 Å². The number of aromatic nitrogens is 2. The van der Waals surface area contributed by atoms with Crippen molar-refractivity contribution in [1.82, 2.24) is 20.0 Å². The highest BCUT2D eigenvalue weighted by Crippen LogP contribution is 2.26. The zero-order valence-electron chi connectivity index (χ0n) is 11.2. The predicted octanol–water partition coefficient (Wildman–Crippen LogP) is 1.03. The van der Waals surface area contributed by atoms with Gasteiger partial charge in [-0.05, 0) is 45.3 Å². The van der Waals surface area contributed by atoms with Crippen molar-refractivity contribution >= 4 is 0 Å². The van der Waals surface area contributed by atoms with Crippen molar-refractivity contribution in [3.05, 3.63) is 18.0 Å². The summed E-state index contributed by atoms with van der Waals surface area (Å²) in [7, 11) is 4.20. The standard InChI is InChI=1S/C13H24N4/c1-11(17(3)13-4-5-13)8-14-7-6-12-9-15-16(2)10-12/h9-11,13-14H,4-8H2,1-3H3. The number of hydrogen-bond acceptors (Lipinski definition) is 3. The van der Waals surface area contributed by atoms with Gasteiger partial charge in [0, 0.05) is 31.9 Å². The van der Waals surface area contributed by atoms with Crippen molar-refractivity contribution in [3.63, 3.8) is 0 Å². The Bertz CT molecular complexity index is 343. The third-order valence-corrected chi connectivity index (χ3v) is 3.61. The first kappa shape index (κ1) is 12.6. The van der Waals surface area contributed by atoms with Crippen LogP contribution in [0.15, 0.2) is 12.4 Å². The molecule has 4 nitrogen and oxygen atoms in total. The van der Waals surface area contributed by atoms with Crippen LogP contribution in [-0.2, 0) is 13.5 Å². The lowest BCUT2D eigenvalue weighted by Crippen LogP contribution is -2.39. The minimum Gasteiger partial charge on any atom is -0.315 e. The Morgan fingerprint density at radius 1 is 1.59 bits per heavy atom. The zero-order valence-corrected chi connectivity index (χ0v) is 11.2. The SMILES string of the molecule is CC(CNCCc1cnn(C)c1)N(C)C1CC1. The molecule has 0 bridgehead atoms. The van der Waals surface area contributed by atoms with E-state index in [1.165, 1.54) is 18.4 Å². The van der Waals surface area contributed by atoms with E-state index in [1.54, 1.807) is 0 Å². The Balaban J connectivity index is 1.59. The number of nitrogens with zero attached hydrogens (tertiary/aromatic N) is 3. The van der Waals surface area contributed by atoms with Gasteiger partial charge in [-0.1, -0.05) is 0 Å². The van der Waals surface area contributed by atoms with E-state index in [-0.39, 0.29) is 0 Å². The largest absolute Gasteiger partial charge is 0.315 e. The van der Waals surface area contributed by atoms with Crippen molar-refractivity contribution < 1.29 is 0 Å². The Morgan fingerprint density at radius 3 is 2.94 bits per heavy atom. The van der Waals surface area contributed by atoms with Crippen LogP contribution in [0.2, 0.25) is 0 Å². The summed E-state index contributed by atoms with van der Waals surface area (Å²) < 4.78 is 1.86. The second-order valence-corrected chi connectivity index (χ2v) is 5.22. The van der Waals surface area contributed by atoms with Gasteiger partial charge in [0.25, 0.3) is 0 Å². The molecule has 1 atom stereocenters. The van der Waals surface area contributed by atoms with Crippen molar-refractivity contribution in [2.45, 2.75) is 38.3 Å². The molecule has 96 valence electrons. The molecule has 1 heterocycles. The van der Waals surface area contributed by atoms with Crippen LogP contribution < -0.4 is 5.32 Å². The molecular formula is C13H24N4. The fourth-order valence-corrected chi connectivity index (χ4v) is 2.13. The summed E-state index contributed by atoms with van der Waals surface area (Å²) in [5, 5.41) is 7.70. The first-order valence-electron chi connectivity index (χ1n) is 6.57. The van der Waals surface area contributed by atoms with E-state index in [0.29, 0.717) is 6.04 Å². The summed E-state index contributed by atoms with van der Waals surface area (Å²) in [6.07, 6.45) is 7.86. The zero-order chi connectivity index (χ0) is 12.3. The molecule has 0 spiro atoms. The first-order chi connectivity index (χ1) is 8.16. The van der Waals surface area contributed by atoms with E-state index in [0.717, 1.165) is 25.6 Å². The van der Waals surface area contributed by atoms with Gasteiger partial charge in [-0.15, -0.1) is 0 Å². The summed E-state index contributed by atoms with van der Waals surface area (Å²) in [5.41, 5.74) is 1.31. The smallest absolute Gasteiger partial charge is 0.0522 e. The highest BCUT2D eigenvalue weighted by molar-refractivity contribution is 5.03. The molecule has 0 radical (unpaired) electrons. The fraction of sp³-hybridized carbons (Fsp3) is 0.769. The van der Waals surface area contributed by atoms with Gasteiger partial charge in [-0.2, -0.15) is 5.10 Å². The van der Waals surface area contributed by atoms with Crippen molar-refractivity contribution in [3.8, 4) is 0 Å². The topological polar surface area (TPSA) is 33.1 Å². The summed E-state index contributed by atoms with van der Waals surface area (Å²) in [4.78, 5) is 2.50. The molecule has 1 N–H and O–H groups in total. The highest BCUT2D eigenvalue weighted by atomic mass is 15.2. The summed E-state index contributed by atoms with van der Waals surface area (Å²) in [5.74, 6) is 0. The van der Waals surface area contributed by atoms with Crippen molar-refractivity contribution in [2.24, 2.45) is 7.05 Å².